The zero-order valence-electron chi connectivity index (χ0n) is 23.8. The van der Waals surface area contributed by atoms with Gasteiger partial charge in [-0.05, 0) is 67.3 Å². The molecule has 1 heterocycles. The molecule has 0 radical (unpaired) electrons. The molecule has 1 aromatic heterocycles. The number of carbonyl (C=O) groups is 1. The number of ether oxygens (including phenoxy) is 2. The minimum atomic E-state index is -0.980. The molecule has 0 bridgehead atoms. The zero-order chi connectivity index (χ0) is 29.0. The van der Waals surface area contributed by atoms with Crippen molar-refractivity contribution in [1.82, 2.24) is 4.98 Å². The smallest absolute Gasteiger partial charge is 0.332 e. The minimum absolute atomic E-state index is 0.0108. The fraction of sp³-hybridized carbons (Fsp3) is 0.257. The molecule has 1 aliphatic carbocycles. The molecule has 6 nitrogen and oxygen atoms in total. The number of aryl methyl sites for hydroxylation is 1. The molecule has 5 rings (SSSR count). The average molecular weight is 550 g/mol. The van der Waals surface area contributed by atoms with E-state index in [-0.39, 0.29) is 5.92 Å². The Bertz CT molecular complexity index is 1570. The Morgan fingerprint density at radius 2 is 1.71 bits per heavy atom. The molecule has 3 aromatic carbocycles. The fourth-order valence-electron chi connectivity index (χ4n) is 5.13. The van der Waals surface area contributed by atoms with Crippen molar-refractivity contribution in [2.45, 2.75) is 45.8 Å². The van der Waals surface area contributed by atoms with Crippen LogP contribution in [0.1, 0.15) is 37.8 Å². The number of nitrogens with zero attached hydrogens (tertiary/aromatic N) is 1. The second-order valence-electron chi connectivity index (χ2n) is 10.6. The molecule has 0 aliphatic heterocycles. The lowest BCUT2D eigenvalue weighted by Crippen LogP contribution is -2.42. The maximum atomic E-state index is 11.5. The predicted molar refractivity (Wildman–Crippen MR) is 161 cm³/mol. The maximum Gasteiger partial charge on any atom is 0.332 e. The SMILES string of the molecule is Cc1oc(-c2cccc(-c3ccccc3)c2)nc1CCOc1ccc(C2=CC=CC(C)C2(C)OC(C)C(=O)O)cc1. The Kier molecular flexibility index (Phi) is 8.22. The highest BCUT2D eigenvalue weighted by Crippen LogP contribution is 2.41. The summed E-state index contributed by atoms with van der Waals surface area (Å²) in [4.78, 5) is 16.2. The molecular weight excluding hydrogens is 514 g/mol. The lowest BCUT2D eigenvalue weighted by molar-refractivity contribution is -0.158. The number of hydrogen-bond donors (Lipinski definition) is 1. The standard InChI is InChI=1S/C35H35NO5/c1-23-10-8-15-31(35(23,4)41-25(3)34(37)38)27-16-18-30(19-17-27)39-21-20-32-24(2)40-33(36-32)29-14-9-13-28(22-29)26-11-6-5-7-12-26/h5-19,22-23,25H,20-21H2,1-4H3,(H,37,38). The molecule has 4 aromatic rings. The fourth-order valence-corrected chi connectivity index (χ4v) is 5.13. The summed E-state index contributed by atoms with van der Waals surface area (Å²) in [6.45, 7) is 7.93. The lowest BCUT2D eigenvalue weighted by atomic mass is 9.77. The molecule has 6 heteroatoms. The number of oxazole rings is 1. The van der Waals surface area contributed by atoms with E-state index < -0.39 is 17.7 Å². The summed E-state index contributed by atoms with van der Waals surface area (Å²) in [7, 11) is 0. The highest BCUT2D eigenvalue weighted by Gasteiger charge is 2.39. The van der Waals surface area contributed by atoms with E-state index >= 15 is 0 Å². The second-order valence-corrected chi connectivity index (χ2v) is 10.6. The van der Waals surface area contributed by atoms with Crippen molar-refractivity contribution < 1.29 is 23.8 Å². The topological polar surface area (TPSA) is 81.8 Å². The largest absolute Gasteiger partial charge is 0.493 e. The maximum absolute atomic E-state index is 11.5. The summed E-state index contributed by atoms with van der Waals surface area (Å²) in [6, 6.07) is 26.3. The van der Waals surface area contributed by atoms with Crippen LogP contribution < -0.4 is 4.74 Å². The number of carboxylic acids is 1. The molecule has 0 amide bonds. The van der Waals surface area contributed by atoms with Crippen LogP contribution in [0, 0.1) is 12.8 Å². The summed E-state index contributed by atoms with van der Waals surface area (Å²) in [5, 5.41) is 9.41. The molecular formula is C35H35NO5. The highest BCUT2D eigenvalue weighted by molar-refractivity contribution is 5.77. The van der Waals surface area contributed by atoms with E-state index in [1.807, 2.05) is 93.6 Å². The number of carboxylic acid groups (broad SMARTS) is 1. The number of aliphatic carboxylic acids is 1. The molecule has 3 unspecified atom stereocenters. The van der Waals surface area contributed by atoms with Gasteiger partial charge in [0.2, 0.25) is 5.89 Å². The van der Waals surface area contributed by atoms with Gasteiger partial charge in [-0.25, -0.2) is 9.78 Å². The summed E-state index contributed by atoms with van der Waals surface area (Å²) in [5.74, 6) is 1.16. The number of hydrogen-bond acceptors (Lipinski definition) is 5. The molecule has 0 saturated carbocycles. The van der Waals surface area contributed by atoms with Crippen LogP contribution in [-0.4, -0.2) is 34.4 Å². The van der Waals surface area contributed by atoms with Crippen molar-refractivity contribution in [3.63, 3.8) is 0 Å². The molecule has 3 atom stereocenters. The third-order valence-corrected chi connectivity index (χ3v) is 7.72. The molecule has 0 fully saturated rings. The average Bonchev–Trinajstić information content (AvgIpc) is 3.35. The van der Waals surface area contributed by atoms with Crippen LogP contribution in [0.5, 0.6) is 5.75 Å². The molecule has 41 heavy (non-hydrogen) atoms. The first-order valence-corrected chi connectivity index (χ1v) is 13.9. The predicted octanol–water partition coefficient (Wildman–Crippen LogP) is 7.78. The number of aromatic nitrogens is 1. The van der Waals surface area contributed by atoms with Gasteiger partial charge in [0.1, 0.15) is 11.5 Å². The molecule has 0 saturated heterocycles. The third-order valence-electron chi connectivity index (χ3n) is 7.72. The molecule has 0 spiro atoms. The van der Waals surface area contributed by atoms with Gasteiger partial charge in [0.05, 0.1) is 17.9 Å². The Hall–Kier alpha value is -4.42. The van der Waals surface area contributed by atoms with Gasteiger partial charge in [-0.1, -0.05) is 79.7 Å². The van der Waals surface area contributed by atoms with E-state index in [2.05, 4.69) is 24.3 Å². The van der Waals surface area contributed by atoms with Crippen molar-refractivity contribution in [2.24, 2.45) is 5.92 Å². The van der Waals surface area contributed by atoms with Crippen LogP contribution >= 0.6 is 0 Å². The first kappa shape index (κ1) is 28.1. The van der Waals surface area contributed by atoms with Crippen molar-refractivity contribution >= 4 is 11.5 Å². The Morgan fingerprint density at radius 1 is 1.00 bits per heavy atom. The lowest BCUT2D eigenvalue weighted by Gasteiger charge is -2.40. The summed E-state index contributed by atoms with van der Waals surface area (Å²) in [5.41, 5.74) is 5.21. The van der Waals surface area contributed by atoms with E-state index in [1.54, 1.807) is 6.92 Å². The number of benzene rings is 3. The van der Waals surface area contributed by atoms with E-state index in [0.29, 0.717) is 18.9 Å². The Balaban J connectivity index is 1.23. The van der Waals surface area contributed by atoms with Crippen LogP contribution in [0.25, 0.3) is 28.2 Å². The summed E-state index contributed by atoms with van der Waals surface area (Å²) < 4.78 is 18.1. The van der Waals surface area contributed by atoms with E-state index in [0.717, 1.165) is 45.0 Å². The van der Waals surface area contributed by atoms with Gasteiger partial charge >= 0.3 is 5.97 Å². The van der Waals surface area contributed by atoms with Gasteiger partial charge in [-0.15, -0.1) is 0 Å². The third kappa shape index (κ3) is 6.18. The van der Waals surface area contributed by atoms with Gasteiger partial charge in [0, 0.05) is 17.9 Å². The first-order valence-electron chi connectivity index (χ1n) is 13.9. The Labute approximate surface area is 241 Å². The van der Waals surface area contributed by atoms with Crippen molar-refractivity contribution in [3.8, 4) is 28.3 Å². The van der Waals surface area contributed by atoms with E-state index in [1.165, 1.54) is 0 Å². The van der Waals surface area contributed by atoms with Gasteiger partial charge in [-0.3, -0.25) is 0 Å². The van der Waals surface area contributed by atoms with E-state index in [9.17, 15) is 9.90 Å². The monoisotopic (exact) mass is 549 g/mol. The van der Waals surface area contributed by atoms with Crippen molar-refractivity contribution in [3.05, 3.63) is 114 Å². The van der Waals surface area contributed by atoms with Crippen LogP contribution in [0.4, 0.5) is 0 Å². The second kappa shape index (κ2) is 12.0. The van der Waals surface area contributed by atoms with E-state index in [4.69, 9.17) is 18.9 Å². The van der Waals surface area contributed by atoms with Gasteiger partial charge in [0.25, 0.3) is 0 Å². The first-order chi connectivity index (χ1) is 19.7. The summed E-state index contributed by atoms with van der Waals surface area (Å²) >= 11 is 0. The normalized spacial score (nSPS) is 19.0. The van der Waals surface area contributed by atoms with Gasteiger partial charge in [-0.2, -0.15) is 0 Å². The van der Waals surface area contributed by atoms with Crippen molar-refractivity contribution in [2.75, 3.05) is 6.61 Å². The van der Waals surface area contributed by atoms with Crippen molar-refractivity contribution in [1.29, 1.82) is 0 Å². The highest BCUT2D eigenvalue weighted by atomic mass is 16.5. The minimum Gasteiger partial charge on any atom is -0.493 e. The molecule has 1 aliphatic rings. The van der Waals surface area contributed by atoms with Crippen LogP contribution in [0.15, 0.2) is 102 Å². The van der Waals surface area contributed by atoms with Gasteiger partial charge in [0.15, 0.2) is 6.10 Å². The molecule has 210 valence electrons. The number of rotatable bonds is 10. The quantitative estimate of drug-likeness (QED) is 0.218. The summed E-state index contributed by atoms with van der Waals surface area (Å²) in [6.07, 6.45) is 5.71. The van der Waals surface area contributed by atoms with Gasteiger partial charge < -0.3 is 19.0 Å². The number of allylic oxidation sites excluding steroid dienone is 2. The van der Waals surface area contributed by atoms with Crippen LogP contribution in [0.3, 0.4) is 0 Å². The van der Waals surface area contributed by atoms with Crippen LogP contribution in [0.2, 0.25) is 0 Å². The Morgan fingerprint density at radius 3 is 2.44 bits per heavy atom. The zero-order valence-corrected chi connectivity index (χ0v) is 23.8. The van der Waals surface area contributed by atoms with Crippen LogP contribution in [-0.2, 0) is 16.0 Å². The molecule has 1 N–H and O–H groups in total.